The number of nitrogens with two attached hydrogens (primary N) is 1. The van der Waals surface area contributed by atoms with Crippen LogP contribution < -0.4 is 5.73 Å². The maximum absolute atomic E-state index is 5.41. The van der Waals surface area contributed by atoms with Crippen LogP contribution in [0, 0.1) is 0 Å². The zero-order valence-electron chi connectivity index (χ0n) is 6.22. The number of rotatable bonds is 3. The summed E-state index contributed by atoms with van der Waals surface area (Å²) in [6.45, 7) is 2.17. The molecule has 56 valence electrons. The van der Waals surface area contributed by atoms with Crippen LogP contribution in [-0.2, 0) is 6.42 Å². The summed E-state index contributed by atoms with van der Waals surface area (Å²) in [6, 6.07) is 1.88. The zero-order valence-corrected chi connectivity index (χ0v) is 6.22. The van der Waals surface area contributed by atoms with Gasteiger partial charge in [-0.2, -0.15) is 5.10 Å². The van der Waals surface area contributed by atoms with Gasteiger partial charge in [0.25, 0.3) is 0 Å². The Balaban J connectivity index is 2.42. The maximum Gasteiger partial charge on any atom is 0.145 e. The third-order valence-electron chi connectivity index (χ3n) is 1.45. The lowest BCUT2D eigenvalue weighted by Gasteiger charge is -1.90. The highest BCUT2D eigenvalue weighted by molar-refractivity contribution is 5.28. The van der Waals surface area contributed by atoms with Gasteiger partial charge in [0.15, 0.2) is 0 Å². The van der Waals surface area contributed by atoms with E-state index < -0.39 is 0 Å². The van der Waals surface area contributed by atoms with Crippen LogP contribution in [0.4, 0.5) is 5.82 Å². The first-order chi connectivity index (χ1) is 4.83. The number of nitrogens with one attached hydrogen (secondary N) is 1. The summed E-state index contributed by atoms with van der Waals surface area (Å²) in [7, 11) is 0. The van der Waals surface area contributed by atoms with Gasteiger partial charge < -0.3 is 5.73 Å². The van der Waals surface area contributed by atoms with Crippen molar-refractivity contribution in [3.05, 3.63) is 11.8 Å². The standard InChI is InChI=1S/C7H13N3/c1-2-3-4-6-5-7(8)10-9-6/h5H,2-4H2,1H3,(H3,8,9,10). The quantitative estimate of drug-likeness (QED) is 0.663. The first-order valence-electron chi connectivity index (χ1n) is 3.62. The van der Waals surface area contributed by atoms with Crippen molar-refractivity contribution in [2.24, 2.45) is 0 Å². The van der Waals surface area contributed by atoms with Gasteiger partial charge >= 0.3 is 0 Å². The molecular weight excluding hydrogens is 126 g/mol. The third-order valence-corrected chi connectivity index (χ3v) is 1.45. The predicted octanol–water partition coefficient (Wildman–Crippen LogP) is 1.33. The molecule has 0 aromatic carbocycles. The number of unbranched alkanes of at least 4 members (excludes halogenated alkanes) is 1. The molecule has 1 aromatic heterocycles. The van der Waals surface area contributed by atoms with Gasteiger partial charge in [-0.25, -0.2) is 0 Å². The van der Waals surface area contributed by atoms with Crippen molar-refractivity contribution < 1.29 is 0 Å². The zero-order chi connectivity index (χ0) is 7.40. The molecule has 0 bridgehead atoms. The lowest BCUT2D eigenvalue weighted by atomic mass is 10.2. The fourth-order valence-electron chi connectivity index (χ4n) is 0.875. The average molecular weight is 139 g/mol. The number of H-pyrrole nitrogens is 1. The number of nitrogen functional groups attached to an aromatic ring is 1. The monoisotopic (exact) mass is 139 g/mol. The first-order valence-corrected chi connectivity index (χ1v) is 3.62. The Morgan fingerprint density at radius 1 is 1.70 bits per heavy atom. The molecule has 0 amide bonds. The largest absolute Gasteiger partial charge is 0.382 e. The number of nitrogens with zero attached hydrogens (tertiary/aromatic N) is 1. The normalized spacial score (nSPS) is 10.1. The van der Waals surface area contributed by atoms with Crippen LogP contribution in [0.2, 0.25) is 0 Å². The minimum absolute atomic E-state index is 0.589. The van der Waals surface area contributed by atoms with E-state index in [1.54, 1.807) is 0 Å². The van der Waals surface area contributed by atoms with Gasteiger partial charge in [-0.1, -0.05) is 13.3 Å². The van der Waals surface area contributed by atoms with Gasteiger partial charge in [-0.15, -0.1) is 0 Å². The summed E-state index contributed by atoms with van der Waals surface area (Å²) in [5.74, 6) is 0.589. The van der Waals surface area contributed by atoms with Crippen LogP contribution in [0.15, 0.2) is 6.07 Å². The van der Waals surface area contributed by atoms with Crippen molar-refractivity contribution in [1.29, 1.82) is 0 Å². The van der Waals surface area contributed by atoms with E-state index in [4.69, 9.17) is 5.73 Å². The molecule has 1 heterocycles. The Bertz CT molecular complexity index is 192. The van der Waals surface area contributed by atoms with Crippen LogP contribution in [0.3, 0.4) is 0 Å². The predicted molar refractivity (Wildman–Crippen MR) is 41.6 cm³/mol. The lowest BCUT2D eigenvalue weighted by molar-refractivity contribution is 0.772. The first kappa shape index (κ1) is 7.12. The van der Waals surface area contributed by atoms with Gasteiger partial charge in [0.05, 0.1) is 0 Å². The van der Waals surface area contributed by atoms with Gasteiger partial charge in [-0.3, -0.25) is 5.10 Å². The molecule has 0 saturated heterocycles. The number of aromatic amines is 1. The van der Waals surface area contributed by atoms with Crippen molar-refractivity contribution in [2.45, 2.75) is 26.2 Å². The summed E-state index contributed by atoms with van der Waals surface area (Å²) in [5, 5.41) is 6.69. The second-order valence-corrected chi connectivity index (χ2v) is 2.42. The highest BCUT2D eigenvalue weighted by atomic mass is 15.1. The average Bonchev–Trinajstić information content (AvgIpc) is 2.31. The summed E-state index contributed by atoms with van der Waals surface area (Å²) in [5.41, 5.74) is 6.55. The van der Waals surface area contributed by atoms with E-state index in [0.717, 1.165) is 12.1 Å². The number of anilines is 1. The summed E-state index contributed by atoms with van der Waals surface area (Å²) in [6.07, 6.45) is 3.46. The molecule has 0 aliphatic carbocycles. The highest BCUT2D eigenvalue weighted by Crippen LogP contribution is 2.04. The minimum Gasteiger partial charge on any atom is -0.382 e. The topological polar surface area (TPSA) is 54.7 Å². The Morgan fingerprint density at radius 3 is 3.00 bits per heavy atom. The SMILES string of the molecule is CCCCc1cc(N)n[nH]1. The molecule has 0 aliphatic rings. The van der Waals surface area contributed by atoms with Crippen molar-refractivity contribution in [3.63, 3.8) is 0 Å². The molecule has 0 spiro atoms. The second-order valence-electron chi connectivity index (χ2n) is 2.42. The Hall–Kier alpha value is -0.990. The molecule has 3 nitrogen and oxygen atoms in total. The molecule has 0 atom stereocenters. The van der Waals surface area contributed by atoms with E-state index in [2.05, 4.69) is 17.1 Å². The van der Waals surface area contributed by atoms with Crippen molar-refractivity contribution >= 4 is 5.82 Å². The van der Waals surface area contributed by atoms with Crippen molar-refractivity contribution in [2.75, 3.05) is 5.73 Å². The number of hydrogen-bond acceptors (Lipinski definition) is 2. The Kier molecular flexibility index (Phi) is 2.31. The van der Waals surface area contributed by atoms with Crippen LogP contribution >= 0.6 is 0 Å². The molecular formula is C7H13N3. The van der Waals surface area contributed by atoms with Crippen LogP contribution in [0.25, 0.3) is 0 Å². The van der Waals surface area contributed by atoms with Gasteiger partial charge in [-0.05, 0) is 12.8 Å². The summed E-state index contributed by atoms with van der Waals surface area (Å²) in [4.78, 5) is 0. The summed E-state index contributed by atoms with van der Waals surface area (Å²) < 4.78 is 0. The Labute approximate surface area is 60.6 Å². The smallest absolute Gasteiger partial charge is 0.145 e. The fraction of sp³-hybridized carbons (Fsp3) is 0.571. The minimum atomic E-state index is 0.589. The molecule has 10 heavy (non-hydrogen) atoms. The maximum atomic E-state index is 5.41. The van der Waals surface area contributed by atoms with E-state index in [9.17, 15) is 0 Å². The molecule has 0 aliphatic heterocycles. The van der Waals surface area contributed by atoms with Gasteiger partial charge in [0.1, 0.15) is 5.82 Å². The van der Waals surface area contributed by atoms with E-state index in [0.29, 0.717) is 5.82 Å². The van der Waals surface area contributed by atoms with Crippen LogP contribution in [0.1, 0.15) is 25.5 Å². The summed E-state index contributed by atoms with van der Waals surface area (Å²) >= 11 is 0. The van der Waals surface area contributed by atoms with Crippen LogP contribution in [0.5, 0.6) is 0 Å². The fourth-order valence-corrected chi connectivity index (χ4v) is 0.875. The molecule has 0 radical (unpaired) electrons. The third kappa shape index (κ3) is 1.76. The van der Waals surface area contributed by atoms with E-state index in [1.807, 2.05) is 6.07 Å². The molecule has 1 aromatic rings. The molecule has 1 rings (SSSR count). The van der Waals surface area contributed by atoms with Crippen molar-refractivity contribution in [1.82, 2.24) is 10.2 Å². The van der Waals surface area contributed by atoms with E-state index >= 15 is 0 Å². The highest BCUT2D eigenvalue weighted by Gasteiger charge is 1.94. The Morgan fingerprint density at radius 2 is 2.50 bits per heavy atom. The van der Waals surface area contributed by atoms with Crippen molar-refractivity contribution in [3.8, 4) is 0 Å². The molecule has 0 unspecified atom stereocenters. The van der Waals surface area contributed by atoms with E-state index in [-0.39, 0.29) is 0 Å². The molecule has 3 heteroatoms. The van der Waals surface area contributed by atoms with Gasteiger partial charge in [0.2, 0.25) is 0 Å². The second kappa shape index (κ2) is 3.25. The molecule has 3 N–H and O–H groups in total. The van der Waals surface area contributed by atoms with Gasteiger partial charge in [0, 0.05) is 11.8 Å². The number of aromatic nitrogens is 2. The molecule has 0 fully saturated rings. The van der Waals surface area contributed by atoms with Crippen LogP contribution in [-0.4, -0.2) is 10.2 Å². The lowest BCUT2D eigenvalue weighted by Crippen LogP contribution is -1.83. The number of hydrogen-bond donors (Lipinski definition) is 2. The number of aryl methyl sites for hydroxylation is 1. The van der Waals surface area contributed by atoms with E-state index in [1.165, 1.54) is 12.8 Å². The molecule has 0 saturated carbocycles.